The van der Waals surface area contributed by atoms with Crippen LogP contribution in [-0.2, 0) is 20.2 Å². The van der Waals surface area contributed by atoms with Crippen LogP contribution in [0.5, 0.6) is 11.5 Å². The summed E-state index contributed by atoms with van der Waals surface area (Å²) in [4.78, 5) is -1.43. The average Bonchev–Trinajstić information content (AvgIpc) is 3.06. The summed E-state index contributed by atoms with van der Waals surface area (Å²) in [6.07, 6.45) is 0. The van der Waals surface area contributed by atoms with Crippen molar-refractivity contribution in [3.63, 3.8) is 0 Å². The van der Waals surface area contributed by atoms with Gasteiger partial charge in [0.25, 0.3) is 20.2 Å². The zero-order valence-electron chi connectivity index (χ0n) is 25.3. The first-order valence-corrected chi connectivity index (χ1v) is 16.2. The number of phenols is 2. The summed E-state index contributed by atoms with van der Waals surface area (Å²) >= 11 is 0. The molecule has 12 nitrogen and oxygen atoms in total. The van der Waals surface area contributed by atoms with Gasteiger partial charge in [-0.3, -0.25) is 9.11 Å². The van der Waals surface area contributed by atoms with Crippen molar-refractivity contribution in [3.05, 3.63) is 97.1 Å². The number of nitrogens with one attached hydrogen (secondary N) is 2. The van der Waals surface area contributed by atoms with Gasteiger partial charge in [0.2, 0.25) is 2.82 Å². The van der Waals surface area contributed by atoms with Crippen molar-refractivity contribution in [1.82, 2.24) is 0 Å². The molecule has 6 N–H and O–H groups in total. The van der Waals surface area contributed by atoms with Crippen molar-refractivity contribution < 1.29 is 39.0 Å². The molecule has 6 aromatic carbocycles. The Morgan fingerprint density at radius 2 is 0.804 bits per heavy atom. The van der Waals surface area contributed by atoms with E-state index in [1.165, 1.54) is 12.1 Å². The molecule has 14 heteroatoms. The lowest BCUT2D eigenvalue weighted by molar-refractivity contribution is 0.472. The van der Waals surface area contributed by atoms with E-state index < -0.39 is 52.9 Å². The normalized spacial score (nSPS) is 13.1. The molecular formula is C32H22N4O8S2. The van der Waals surface area contributed by atoms with Crippen LogP contribution in [0, 0.1) is 11.0 Å². The molecule has 0 aliphatic rings. The molecule has 0 aliphatic heterocycles. The van der Waals surface area contributed by atoms with Crippen LogP contribution in [0.3, 0.4) is 0 Å². The molecule has 0 fully saturated rings. The van der Waals surface area contributed by atoms with Gasteiger partial charge < -0.3 is 10.2 Å². The van der Waals surface area contributed by atoms with Crippen LogP contribution in [0.2, 0.25) is 2.82 Å². The summed E-state index contributed by atoms with van der Waals surface area (Å²) in [5, 5.41) is 29.6. The van der Waals surface area contributed by atoms with E-state index in [0.717, 1.165) is 0 Å². The molecule has 0 saturated heterocycles. The van der Waals surface area contributed by atoms with Gasteiger partial charge in [0, 0.05) is 21.9 Å². The molecule has 6 aromatic rings. The fraction of sp³-hybridized carbons (Fsp3) is 0. The molecule has 0 atom stereocenters. The topological polar surface area (TPSA) is 222 Å². The van der Waals surface area contributed by atoms with Crippen LogP contribution in [0.4, 0.5) is 11.4 Å². The molecule has 6 rings (SSSR count). The second kappa shape index (κ2) is 11.1. The number of fused-ring (bicyclic) bond motifs is 2. The molecule has 0 spiro atoms. The molecule has 0 unspecified atom stereocenters. The minimum absolute atomic E-state index is 0.0350. The van der Waals surface area contributed by atoms with Crippen LogP contribution in [0.25, 0.3) is 54.9 Å². The molecular weight excluding hydrogens is 633 g/mol. The Morgan fingerprint density at radius 1 is 0.500 bits per heavy atom. The summed E-state index contributed by atoms with van der Waals surface area (Å²) in [6, 6.07) is 25.8. The maximum atomic E-state index is 12.6. The smallest absolute Gasteiger partial charge is 0.297 e. The number of benzene rings is 6. The van der Waals surface area contributed by atoms with E-state index >= 15 is 0 Å². The second-order valence-electron chi connectivity index (χ2n) is 10.2. The molecule has 0 saturated carbocycles. The van der Waals surface area contributed by atoms with Crippen LogP contribution in [0.1, 0.15) is 0 Å². The molecule has 0 bridgehead atoms. The Morgan fingerprint density at radius 3 is 1.11 bits per heavy atom. The third-order valence-electron chi connectivity index (χ3n) is 7.63. The van der Waals surface area contributed by atoms with E-state index in [4.69, 9.17) is 2.82 Å². The van der Waals surface area contributed by atoms with Crippen molar-refractivity contribution in [3.8, 4) is 44.9 Å². The Bertz CT molecular complexity index is 2370. The Kier molecular flexibility index (Phi) is 6.76. The average molecular weight is 655 g/mol. The highest BCUT2D eigenvalue weighted by atomic mass is 32.2. The van der Waals surface area contributed by atoms with E-state index in [9.17, 15) is 36.2 Å². The number of nitrogens with zero attached hydrogens (tertiary/aromatic N) is 2. The van der Waals surface area contributed by atoms with E-state index in [-0.39, 0.29) is 21.9 Å². The van der Waals surface area contributed by atoms with Gasteiger partial charge in [0.1, 0.15) is 21.2 Å². The van der Waals surface area contributed by atoms with E-state index in [1.54, 1.807) is 84.9 Å². The predicted molar refractivity (Wildman–Crippen MR) is 170 cm³/mol. The Hall–Kier alpha value is -5.54. The fourth-order valence-electron chi connectivity index (χ4n) is 5.69. The first kappa shape index (κ1) is 28.0. The largest absolute Gasteiger partial charge is 0.505 e. The van der Waals surface area contributed by atoms with Crippen molar-refractivity contribution in [2.75, 3.05) is 0 Å². The monoisotopic (exact) mass is 654 g/mol. The van der Waals surface area contributed by atoms with Crippen LogP contribution in [-0.4, -0.2) is 36.2 Å². The lowest BCUT2D eigenvalue weighted by Gasteiger charge is -2.16. The summed E-state index contributed by atoms with van der Waals surface area (Å²) in [7, 11) is -9.96. The minimum Gasteiger partial charge on any atom is -0.505 e. The zero-order chi connectivity index (χ0) is 34.4. The van der Waals surface area contributed by atoms with Gasteiger partial charge in [0.05, 0.1) is 0 Å². The Labute approximate surface area is 264 Å². The zero-order valence-corrected chi connectivity index (χ0v) is 24.9. The van der Waals surface area contributed by atoms with E-state index in [2.05, 4.69) is 21.3 Å². The fourth-order valence-corrected chi connectivity index (χ4v) is 7.42. The molecule has 46 heavy (non-hydrogen) atoms. The number of aromatic hydroxyl groups is 2. The molecule has 0 heterocycles. The van der Waals surface area contributed by atoms with Gasteiger partial charge in [-0.2, -0.15) is 27.1 Å². The van der Waals surface area contributed by atoms with E-state index in [1.807, 2.05) is 0 Å². The van der Waals surface area contributed by atoms with Gasteiger partial charge in [0.15, 0.2) is 11.5 Å². The number of hydrogen-bond donors (Lipinski definition) is 6. The van der Waals surface area contributed by atoms with Crippen molar-refractivity contribution in [2.45, 2.75) is 9.79 Å². The van der Waals surface area contributed by atoms with E-state index in [0.29, 0.717) is 33.0 Å². The lowest BCUT2D eigenvalue weighted by atomic mass is 9.93. The summed E-state index contributed by atoms with van der Waals surface area (Å²) in [5.41, 5.74) is 6.65. The van der Waals surface area contributed by atoms with Gasteiger partial charge in [-0.05, 0) is 33.0 Å². The first-order valence-electron chi connectivity index (χ1n) is 14.2. The maximum Gasteiger partial charge on any atom is 0.297 e. The highest BCUT2D eigenvalue weighted by molar-refractivity contribution is 7.86. The maximum absolute atomic E-state index is 12.6. The molecule has 0 aliphatic carbocycles. The van der Waals surface area contributed by atoms with Crippen molar-refractivity contribution in [2.24, 2.45) is 10.2 Å². The first-order chi connectivity index (χ1) is 22.9. The summed E-state index contributed by atoms with van der Waals surface area (Å²) in [6.45, 7) is 0. The molecule has 230 valence electrons. The quantitative estimate of drug-likeness (QED) is 0.0725. The molecule has 0 radical (unpaired) electrons. The lowest BCUT2D eigenvalue weighted by Crippen LogP contribution is -2.03. The number of phenolic OH excluding ortho intramolecular Hbond substituents is 2. The number of hydrogen-bond acceptors (Lipinski definition) is 10. The highest BCUT2D eigenvalue weighted by Gasteiger charge is 2.29. The van der Waals surface area contributed by atoms with Crippen LogP contribution >= 0.6 is 0 Å². The highest BCUT2D eigenvalue weighted by Crippen LogP contribution is 2.49. The van der Waals surface area contributed by atoms with Crippen molar-refractivity contribution >= 4 is 53.2 Å². The van der Waals surface area contributed by atoms with Crippen LogP contribution in [0.15, 0.2) is 117 Å². The number of rotatable bonds is 7. The molecule has 0 aromatic heterocycles. The van der Waals surface area contributed by atoms with Crippen LogP contribution < -0.4 is 0 Å². The molecule has 0 amide bonds. The Balaban J connectivity index is 1.50. The van der Waals surface area contributed by atoms with Gasteiger partial charge in [-0.1, -0.05) is 97.1 Å². The third-order valence-corrected chi connectivity index (χ3v) is 9.46. The third kappa shape index (κ3) is 4.95. The second-order valence-corrected chi connectivity index (χ2v) is 12.9. The SMILES string of the molecule is [H]/N=N/c1c(S(=O)(=O)O)c(-c2ccc(-c3ccc(-c4c(S(=O)(=O)O)c(/N=N/[H])c(O)c5ccccc45)cc3)cc2)c2ccccc2c1O. The van der Waals surface area contributed by atoms with Gasteiger partial charge >= 0.3 is 0 Å². The summed E-state index contributed by atoms with van der Waals surface area (Å²) in [5.74, 6) is -1.13. The van der Waals surface area contributed by atoms with Crippen molar-refractivity contribution in [1.29, 1.82) is 11.0 Å². The standard InChI is InChI=1S/C32H22N4O8S2/c33-35-27-29(37)23-7-3-1-5-21(23)25(31(27)45(39,40)41)19-13-9-17(10-14-19)18-11-15-20(16-12-18)26-22-6-2-4-8-24(22)30(38)28(36-34)32(26)46(42,43)44/h1-16,33-34,37-38H,(H,39,40,41)(H,42,43,44)/b35-33+,36-34+. The van der Waals surface area contributed by atoms with Gasteiger partial charge in [-0.15, -0.1) is 0 Å². The van der Waals surface area contributed by atoms with Gasteiger partial charge in [-0.25, -0.2) is 11.0 Å². The predicted octanol–water partition coefficient (Wildman–Crippen LogP) is 8.22. The minimum atomic E-state index is -4.98. The summed E-state index contributed by atoms with van der Waals surface area (Å²) < 4.78 is 85.0.